The number of Topliss-reactive ketones (excluding diaryl/α,β-unsaturated/α-hetero) is 1. The van der Waals surface area contributed by atoms with Crippen LogP contribution in [0.5, 0.6) is 0 Å². The molecule has 0 saturated heterocycles. The molecule has 0 aromatic carbocycles. The summed E-state index contributed by atoms with van der Waals surface area (Å²) in [4.78, 5) is 48.1. The summed E-state index contributed by atoms with van der Waals surface area (Å²) < 4.78 is 14.8. The van der Waals surface area contributed by atoms with Crippen molar-refractivity contribution < 1.29 is 33.4 Å². The minimum absolute atomic E-state index is 0.0286. The summed E-state index contributed by atoms with van der Waals surface area (Å²) in [6, 6.07) is 0. The summed E-state index contributed by atoms with van der Waals surface area (Å²) >= 11 is 0. The average molecular weight is 356 g/mol. The summed E-state index contributed by atoms with van der Waals surface area (Å²) in [5.41, 5.74) is 0. The molecule has 1 rings (SSSR count). The zero-order valence-electron chi connectivity index (χ0n) is 15.2. The van der Waals surface area contributed by atoms with Crippen molar-refractivity contribution in [2.75, 3.05) is 19.8 Å². The van der Waals surface area contributed by atoms with Gasteiger partial charge in [0.1, 0.15) is 5.78 Å². The van der Waals surface area contributed by atoms with Gasteiger partial charge in [0, 0.05) is 18.8 Å². The van der Waals surface area contributed by atoms with E-state index in [1.54, 1.807) is 20.8 Å². The lowest BCUT2D eigenvalue weighted by atomic mass is 9.73. The minimum Gasteiger partial charge on any atom is -0.466 e. The van der Waals surface area contributed by atoms with Crippen molar-refractivity contribution in [3.05, 3.63) is 0 Å². The van der Waals surface area contributed by atoms with E-state index < -0.39 is 23.8 Å². The second kappa shape index (κ2) is 10.8. The summed E-state index contributed by atoms with van der Waals surface area (Å²) in [5, 5.41) is 0. The number of ketones is 1. The van der Waals surface area contributed by atoms with Gasteiger partial charge in [0.05, 0.1) is 19.8 Å². The highest BCUT2D eigenvalue weighted by Gasteiger charge is 2.41. The fourth-order valence-corrected chi connectivity index (χ4v) is 3.16. The lowest BCUT2D eigenvalue weighted by Crippen LogP contribution is -2.39. The standard InChI is InChI=1S/C18H28O7/c1-4-23-15(20)10-9-12-7-8-13(11-14(12)19)16(17(21)24-5-2)18(22)25-6-3/h12-13,16H,4-11H2,1-3H3. The van der Waals surface area contributed by atoms with Crippen molar-refractivity contribution in [3.63, 3.8) is 0 Å². The van der Waals surface area contributed by atoms with Crippen LogP contribution in [0.25, 0.3) is 0 Å². The van der Waals surface area contributed by atoms with Gasteiger partial charge in [0.25, 0.3) is 0 Å². The van der Waals surface area contributed by atoms with Crippen LogP contribution in [0.2, 0.25) is 0 Å². The number of ether oxygens (including phenoxy) is 3. The van der Waals surface area contributed by atoms with E-state index in [9.17, 15) is 19.2 Å². The van der Waals surface area contributed by atoms with Crippen LogP contribution in [0, 0.1) is 17.8 Å². The lowest BCUT2D eigenvalue weighted by molar-refractivity contribution is -0.165. The molecule has 25 heavy (non-hydrogen) atoms. The van der Waals surface area contributed by atoms with Gasteiger partial charge in [-0.2, -0.15) is 0 Å². The first-order valence-corrected chi connectivity index (χ1v) is 8.96. The van der Waals surface area contributed by atoms with E-state index in [2.05, 4.69) is 0 Å². The number of carbonyl (C=O) groups excluding carboxylic acids is 4. The number of hydrogen-bond acceptors (Lipinski definition) is 7. The third kappa shape index (κ3) is 6.48. The quantitative estimate of drug-likeness (QED) is 0.354. The van der Waals surface area contributed by atoms with Crippen molar-refractivity contribution in [2.24, 2.45) is 17.8 Å². The maximum Gasteiger partial charge on any atom is 0.320 e. The molecule has 142 valence electrons. The van der Waals surface area contributed by atoms with Crippen molar-refractivity contribution in [3.8, 4) is 0 Å². The van der Waals surface area contributed by atoms with Gasteiger partial charge in [-0.15, -0.1) is 0 Å². The first-order chi connectivity index (χ1) is 11.9. The summed E-state index contributed by atoms with van der Waals surface area (Å²) in [5.74, 6) is -3.31. The number of esters is 3. The summed E-state index contributed by atoms with van der Waals surface area (Å²) in [6.07, 6.45) is 1.84. The average Bonchev–Trinajstić information content (AvgIpc) is 2.55. The van der Waals surface area contributed by atoms with Crippen LogP contribution in [0.3, 0.4) is 0 Å². The van der Waals surface area contributed by atoms with Crippen LogP contribution in [0.4, 0.5) is 0 Å². The summed E-state index contributed by atoms with van der Waals surface area (Å²) in [6.45, 7) is 5.71. The molecule has 0 N–H and O–H groups in total. The molecule has 0 spiro atoms. The number of hydrogen-bond donors (Lipinski definition) is 0. The van der Waals surface area contributed by atoms with E-state index in [1.165, 1.54) is 0 Å². The predicted molar refractivity (Wildman–Crippen MR) is 88.5 cm³/mol. The Bertz CT molecular complexity index is 468. The molecule has 0 aromatic rings. The Labute approximate surface area is 148 Å². The molecule has 1 aliphatic rings. The molecule has 2 atom stereocenters. The van der Waals surface area contributed by atoms with Crippen molar-refractivity contribution in [1.29, 1.82) is 0 Å². The predicted octanol–water partition coefficient (Wildman–Crippen LogP) is 2.06. The zero-order valence-corrected chi connectivity index (χ0v) is 15.2. The highest BCUT2D eigenvalue weighted by molar-refractivity contribution is 5.96. The Morgan fingerprint density at radius 1 is 0.960 bits per heavy atom. The molecule has 0 aromatic heterocycles. The topological polar surface area (TPSA) is 96.0 Å². The lowest BCUT2D eigenvalue weighted by Gasteiger charge is -2.30. The summed E-state index contributed by atoms with van der Waals surface area (Å²) in [7, 11) is 0. The van der Waals surface area contributed by atoms with Crippen LogP contribution >= 0.6 is 0 Å². The molecule has 0 heterocycles. The van der Waals surface area contributed by atoms with Gasteiger partial charge < -0.3 is 14.2 Å². The largest absolute Gasteiger partial charge is 0.466 e. The molecular weight excluding hydrogens is 328 g/mol. The van der Waals surface area contributed by atoms with Crippen LogP contribution in [-0.2, 0) is 33.4 Å². The highest BCUT2D eigenvalue weighted by atomic mass is 16.6. The van der Waals surface area contributed by atoms with Gasteiger partial charge in [-0.25, -0.2) is 0 Å². The molecule has 0 amide bonds. The Morgan fingerprint density at radius 2 is 1.52 bits per heavy atom. The van der Waals surface area contributed by atoms with Gasteiger partial charge in [0.2, 0.25) is 0 Å². The van der Waals surface area contributed by atoms with Crippen LogP contribution in [-0.4, -0.2) is 43.5 Å². The second-order valence-electron chi connectivity index (χ2n) is 6.03. The second-order valence-corrected chi connectivity index (χ2v) is 6.03. The maximum absolute atomic E-state index is 12.4. The zero-order chi connectivity index (χ0) is 18.8. The Kier molecular flexibility index (Phi) is 9.16. The van der Waals surface area contributed by atoms with E-state index in [-0.39, 0.29) is 43.7 Å². The van der Waals surface area contributed by atoms with Crippen LogP contribution in [0.15, 0.2) is 0 Å². The first-order valence-electron chi connectivity index (χ1n) is 8.96. The molecule has 0 aliphatic heterocycles. The van der Waals surface area contributed by atoms with Gasteiger partial charge >= 0.3 is 17.9 Å². The minimum atomic E-state index is -1.06. The van der Waals surface area contributed by atoms with E-state index >= 15 is 0 Å². The van der Waals surface area contributed by atoms with E-state index in [4.69, 9.17) is 14.2 Å². The molecule has 7 heteroatoms. The Balaban J connectivity index is 2.67. The first kappa shape index (κ1) is 21.1. The van der Waals surface area contributed by atoms with Gasteiger partial charge in [-0.1, -0.05) is 0 Å². The normalized spacial score (nSPS) is 20.2. The Hall–Kier alpha value is -1.92. The third-order valence-electron chi connectivity index (χ3n) is 4.36. The van der Waals surface area contributed by atoms with Crippen molar-refractivity contribution in [1.82, 2.24) is 0 Å². The van der Waals surface area contributed by atoms with Gasteiger partial charge in [-0.05, 0) is 46.0 Å². The van der Waals surface area contributed by atoms with Crippen LogP contribution < -0.4 is 0 Å². The molecule has 7 nitrogen and oxygen atoms in total. The van der Waals surface area contributed by atoms with Crippen molar-refractivity contribution >= 4 is 23.7 Å². The van der Waals surface area contributed by atoms with Gasteiger partial charge in [0.15, 0.2) is 5.92 Å². The van der Waals surface area contributed by atoms with E-state index in [1.807, 2.05) is 0 Å². The SMILES string of the molecule is CCOC(=O)CCC1CCC(C(C(=O)OCC)C(=O)OCC)CC1=O. The molecular formula is C18H28O7. The molecule has 0 bridgehead atoms. The molecule has 1 fully saturated rings. The van der Waals surface area contributed by atoms with Crippen LogP contribution in [0.1, 0.15) is 52.9 Å². The fraction of sp³-hybridized carbons (Fsp3) is 0.778. The maximum atomic E-state index is 12.4. The molecule has 0 radical (unpaired) electrons. The number of carbonyl (C=O) groups is 4. The fourth-order valence-electron chi connectivity index (χ4n) is 3.16. The Morgan fingerprint density at radius 3 is 2.00 bits per heavy atom. The van der Waals surface area contributed by atoms with E-state index in [0.717, 1.165) is 0 Å². The van der Waals surface area contributed by atoms with E-state index in [0.29, 0.717) is 25.9 Å². The smallest absolute Gasteiger partial charge is 0.320 e. The van der Waals surface area contributed by atoms with Gasteiger partial charge in [-0.3, -0.25) is 19.2 Å². The third-order valence-corrected chi connectivity index (χ3v) is 4.36. The molecule has 2 unspecified atom stereocenters. The number of rotatable bonds is 9. The highest BCUT2D eigenvalue weighted by Crippen LogP contribution is 2.34. The monoisotopic (exact) mass is 356 g/mol. The molecule has 1 saturated carbocycles. The van der Waals surface area contributed by atoms with Crippen molar-refractivity contribution in [2.45, 2.75) is 52.9 Å². The molecule has 1 aliphatic carbocycles.